The van der Waals surface area contributed by atoms with Gasteiger partial charge in [-0.2, -0.15) is 0 Å². The van der Waals surface area contributed by atoms with E-state index in [1.807, 2.05) is 6.92 Å². The Morgan fingerprint density at radius 2 is 1.85 bits per heavy atom. The smallest absolute Gasteiger partial charge is 0.333 e. The molecule has 0 amide bonds. The van der Waals surface area contributed by atoms with Gasteiger partial charge in [-0.3, -0.25) is 0 Å². The van der Waals surface area contributed by atoms with Crippen molar-refractivity contribution in [1.29, 1.82) is 0 Å². The van der Waals surface area contributed by atoms with Gasteiger partial charge in [-0.1, -0.05) is 20.1 Å². The zero-order valence-electron chi connectivity index (χ0n) is 12.1. The lowest BCUT2D eigenvalue weighted by Crippen LogP contribution is -2.18. The fourth-order valence-corrected chi connectivity index (χ4v) is 1.63. The summed E-state index contributed by atoms with van der Waals surface area (Å²) in [5, 5.41) is 17.7. The van der Waals surface area contributed by atoms with E-state index in [2.05, 4.69) is 13.2 Å². The Morgan fingerprint density at radius 1 is 1.20 bits per heavy atom. The maximum atomic E-state index is 11.6. The first kappa shape index (κ1) is 18.4. The minimum absolute atomic E-state index is 0.109. The van der Waals surface area contributed by atoms with Gasteiger partial charge in [-0.15, -0.1) is 0 Å². The third-order valence-corrected chi connectivity index (χ3v) is 3.13. The van der Waals surface area contributed by atoms with Crippen LogP contribution in [0.3, 0.4) is 0 Å². The van der Waals surface area contributed by atoms with Crippen molar-refractivity contribution in [3.63, 3.8) is 0 Å². The SMILES string of the molecule is C=C(CCCCCOC(=O)C(=C)C(CC)CO)C(=O)O. The van der Waals surface area contributed by atoms with Gasteiger partial charge in [0, 0.05) is 17.1 Å². The molecule has 5 heteroatoms. The number of hydrogen-bond donors (Lipinski definition) is 2. The van der Waals surface area contributed by atoms with Crippen molar-refractivity contribution in [2.24, 2.45) is 5.92 Å². The quantitative estimate of drug-likeness (QED) is 0.345. The highest BCUT2D eigenvalue weighted by molar-refractivity contribution is 5.88. The van der Waals surface area contributed by atoms with Crippen molar-refractivity contribution < 1.29 is 24.5 Å². The van der Waals surface area contributed by atoms with Crippen molar-refractivity contribution >= 4 is 11.9 Å². The molecular weight excluding hydrogens is 260 g/mol. The molecule has 2 N–H and O–H groups in total. The molecule has 0 saturated carbocycles. The van der Waals surface area contributed by atoms with E-state index in [1.165, 1.54) is 0 Å². The number of aliphatic carboxylic acids is 1. The van der Waals surface area contributed by atoms with E-state index in [0.29, 0.717) is 31.3 Å². The first-order valence-corrected chi connectivity index (χ1v) is 6.81. The summed E-state index contributed by atoms with van der Waals surface area (Å²) in [5.41, 5.74) is 0.498. The summed E-state index contributed by atoms with van der Waals surface area (Å²) in [4.78, 5) is 22.1. The van der Waals surface area contributed by atoms with Crippen LogP contribution in [0.15, 0.2) is 24.3 Å². The first-order chi connectivity index (χ1) is 9.43. The lowest BCUT2D eigenvalue weighted by Gasteiger charge is -2.14. The summed E-state index contributed by atoms with van der Waals surface area (Å²) in [6.07, 6.45) is 3.23. The molecule has 5 nitrogen and oxygen atoms in total. The Morgan fingerprint density at radius 3 is 2.35 bits per heavy atom. The number of aliphatic hydroxyl groups is 1. The monoisotopic (exact) mass is 284 g/mol. The van der Waals surface area contributed by atoms with Crippen LogP contribution < -0.4 is 0 Å². The highest BCUT2D eigenvalue weighted by Gasteiger charge is 2.17. The number of esters is 1. The van der Waals surface area contributed by atoms with Crippen molar-refractivity contribution in [3.05, 3.63) is 24.3 Å². The van der Waals surface area contributed by atoms with Crippen molar-refractivity contribution in [3.8, 4) is 0 Å². The maximum absolute atomic E-state index is 11.6. The predicted molar refractivity (Wildman–Crippen MR) is 76.2 cm³/mol. The number of unbranched alkanes of at least 4 members (excludes halogenated alkanes) is 2. The number of ether oxygens (including phenoxy) is 1. The Bertz CT molecular complexity index is 355. The second kappa shape index (κ2) is 10.2. The topological polar surface area (TPSA) is 83.8 Å². The molecule has 0 aromatic heterocycles. The van der Waals surface area contributed by atoms with Crippen LogP contribution in [0.1, 0.15) is 39.0 Å². The molecular formula is C15H24O5. The summed E-state index contributed by atoms with van der Waals surface area (Å²) in [6.45, 7) is 9.12. The Labute approximate surface area is 119 Å². The van der Waals surface area contributed by atoms with Gasteiger partial charge in [0.2, 0.25) is 0 Å². The number of carbonyl (C=O) groups is 2. The molecule has 0 bridgehead atoms. The van der Waals surface area contributed by atoms with E-state index in [4.69, 9.17) is 14.9 Å². The summed E-state index contributed by atoms with van der Waals surface area (Å²) >= 11 is 0. The van der Waals surface area contributed by atoms with Crippen LogP contribution in [0.4, 0.5) is 0 Å². The number of carboxylic acids is 1. The van der Waals surface area contributed by atoms with E-state index < -0.39 is 11.9 Å². The van der Waals surface area contributed by atoms with E-state index in [9.17, 15) is 9.59 Å². The molecule has 0 aliphatic rings. The molecule has 0 aliphatic carbocycles. The average Bonchev–Trinajstić information content (AvgIpc) is 2.42. The predicted octanol–water partition coefficient (Wildman–Crippen LogP) is 2.31. The molecule has 0 heterocycles. The number of carboxylic acid groups (broad SMARTS) is 1. The zero-order valence-corrected chi connectivity index (χ0v) is 12.1. The summed E-state index contributed by atoms with van der Waals surface area (Å²) < 4.78 is 5.05. The van der Waals surface area contributed by atoms with Crippen LogP contribution in [0.5, 0.6) is 0 Å². The summed E-state index contributed by atoms with van der Waals surface area (Å²) in [5.74, 6) is -1.69. The molecule has 0 spiro atoms. The van der Waals surface area contributed by atoms with Crippen LogP contribution in [0.2, 0.25) is 0 Å². The van der Waals surface area contributed by atoms with Gasteiger partial charge in [0.1, 0.15) is 0 Å². The first-order valence-electron chi connectivity index (χ1n) is 6.81. The summed E-state index contributed by atoms with van der Waals surface area (Å²) in [7, 11) is 0. The fraction of sp³-hybridized carbons (Fsp3) is 0.600. The van der Waals surface area contributed by atoms with Crippen LogP contribution >= 0.6 is 0 Å². The maximum Gasteiger partial charge on any atom is 0.333 e. The third kappa shape index (κ3) is 7.09. The number of carbonyl (C=O) groups excluding carboxylic acids is 1. The second-order valence-corrected chi connectivity index (χ2v) is 4.67. The van der Waals surface area contributed by atoms with E-state index in [0.717, 1.165) is 6.42 Å². The van der Waals surface area contributed by atoms with Crippen molar-refractivity contribution in [1.82, 2.24) is 0 Å². The lowest BCUT2D eigenvalue weighted by molar-refractivity contribution is -0.140. The van der Waals surface area contributed by atoms with Gasteiger partial charge in [-0.25, -0.2) is 9.59 Å². The molecule has 0 radical (unpaired) electrons. The van der Waals surface area contributed by atoms with E-state index >= 15 is 0 Å². The minimum atomic E-state index is -0.970. The average molecular weight is 284 g/mol. The Balaban J connectivity index is 3.75. The van der Waals surface area contributed by atoms with Crippen LogP contribution in [0.25, 0.3) is 0 Å². The molecule has 0 aromatic carbocycles. The molecule has 0 saturated heterocycles. The van der Waals surface area contributed by atoms with Crippen molar-refractivity contribution in [2.45, 2.75) is 39.0 Å². The fourth-order valence-electron chi connectivity index (χ4n) is 1.63. The van der Waals surface area contributed by atoms with Gasteiger partial charge in [0.15, 0.2) is 0 Å². The van der Waals surface area contributed by atoms with Crippen LogP contribution in [0, 0.1) is 5.92 Å². The number of rotatable bonds is 11. The van der Waals surface area contributed by atoms with Gasteiger partial charge in [0.25, 0.3) is 0 Å². The van der Waals surface area contributed by atoms with Crippen LogP contribution in [-0.4, -0.2) is 35.4 Å². The molecule has 0 aliphatic heterocycles. The van der Waals surface area contributed by atoms with E-state index in [-0.39, 0.29) is 24.7 Å². The Hall–Kier alpha value is -1.62. The standard InChI is InChI=1S/C15H24O5/c1-4-13(10-16)12(3)15(19)20-9-7-5-6-8-11(2)14(17)18/h13,16H,2-10H2,1H3,(H,17,18). The van der Waals surface area contributed by atoms with Crippen molar-refractivity contribution in [2.75, 3.05) is 13.2 Å². The van der Waals surface area contributed by atoms with Gasteiger partial charge in [-0.05, 0) is 32.1 Å². The highest BCUT2D eigenvalue weighted by Crippen LogP contribution is 2.14. The number of hydrogen-bond acceptors (Lipinski definition) is 4. The normalized spacial score (nSPS) is 11.7. The molecule has 114 valence electrons. The largest absolute Gasteiger partial charge is 0.478 e. The summed E-state index contributed by atoms with van der Waals surface area (Å²) in [6, 6.07) is 0. The van der Waals surface area contributed by atoms with Gasteiger partial charge >= 0.3 is 11.9 Å². The lowest BCUT2D eigenvalue weighted by atomic mass is 9.99. The third-order valence-electron chi connectivity index (χ3n) is 3.13. The molecule has 1 atom stereocenters. The zero-order chi connectivity index (χ0) is 15.5. The Kier molecular flexibility index (Phi) is 9.38. The second-order valence-electron chi connectivity index (χ2n) is 4.67. The van der Waals surface area contributed by atoms with Gasteiger partial charge in [0.05, 0.1) is 13.2 Å². The molecule has 0 aromatic rings. The molecule has 0 rings (SSSR count). The van der Waals surface area contributed by atoms with Gasteiger partial charge < -0.3 is 14.9 Å². The number of aliphatic hydroxyl groups excluding tert-OH is 1. The minimum Gasteiger partial charge on any atom is -0.478 e. The van der Waals surface area contributed by atoms with E-state index in [1.54, 1.807) is 0 Å². The highest BCUT2D eigenvalue weighted by atomic mass is 16.5. The molecule has 1 unspecified atom stereocenters. The molecule has 20 heavy (non-hydrogen) atoms. The van der Waals surface area contributed by atoms with Crippen LogP contribution in [-0.2, 0) is 14.3 Å². The molecule has 0 fully saturated rings.